The van der Waals surface area contributed by atoms with E-state index in [1.54, 1.807) is 6.07 Å². The van der Waals surface area contributed by atoms with Crippen molar-refractivity contribution in [3.8, 4) is 0 Å². The molecule has 1 aliphatic rings. The predicted molar refractivity (Wildman–Crippen MR) is 68.9 cm³/mol. The first-order valence-corrected chi connectivity index (χ1v) is 6.36. The molecule has 0 spiro atoms. The van der Waals surface area contributed by atoms with Crippen molar-refractivity contribution in [3.63, 3.8) is 0 Å². The van der Waals surface area contributed by atoms with Crippen LogP contribution in [0.5, 0.6) is 0 Å². The molecule has 0 aromatic heterocycles. The van der Waals surface area contributed by atoms with Gasteiger partial charge in [0.05, 0.1) is 0 Å². The van der Waals surface area contributed by atoms with Gasteiger partial charge < -0.3 is 10.2 Å². The minimum atomic E-state index is -0.127. The maximum atomic E-state index is 13.3. The van der Waals surface area contributed by atoms with Gasteiger partial charge in [-0.2, -0.15) is 0 Å². The molecule has 1 N–H and O–H groups in total. The van der Waals surface area contributed by atoms with Crippen molar-refractivity contribution in [1.29, 1.82) is 0 Å². The Kier molecular flexibility index (Phi) is 4.13. The van der Waals surface area contributed by atoms with Crippen LogP contribution in [-0.4, -0.2) is 37.6 Å². The topological polar surface area (TPSA) is 15.3 Å². The Labute approximate surface area is 103 Å². The molecule has 1 saturated heterocycles. The van der Waals surface area contributed by atoms with Crippen molar-refractivity contribution in [2.75, 3.05) is 32.7 Å². The van der Waals surface area contributed by atoms with Gasteiger partial charge in [0, 0.05) is 32.7 Å². The lowest BCUT2D eigenvalue weighted by Gasteiger charge is -2.30. The monoisotopic (exact) mass is 236 g/mol. The average Bonchev–Trinajstić information content (AvgIpc) is 2.33. The second-order valence-corrected chi connectivity index (χ2v) is 4.95. The van der Waals surface area contributed by atoms with Crippen LogP contribution in [0.2, 0.25) is 0 Å². The second-order valence-electron chi connectivity index (χ2n) is 4.95. The molecule has 1 fully saturated rings. The summed E-state index contributed by atoms with van der Waals surface area (Å²) in [6.45, 7) is 9.58. The molecule has 1 aromatic rings. The smallest absolute Gasteiger partial charge is 0.123 e. The third kappa shape index (κ3) is 3.27. The van der Waals surface area contributed by atoms with Crippen LogP contribution in [0.4, 0.5) is 4.39 Å². The van der Waals surface area contributed by atoms with Gasteiger partial charge in [0.2, 0.25) is 0 Å². The van der Waals surface area contributed by atoms with Gasteiger partial charge in [-0.1, -0.05) is 13.0 Å². The maximum Gasteiger partial charge on any atom is 0.123 e. The van der Waals surface area contributed by atoms with Crippen molar-refractivity contribution in [2.45, 2.75) is 19.8 Å². The molecule has 94 valence electrons. The van der Waals surface area contributed by atoms with Crippen LogP contribution in [0.3, 0.4) is 0 Å². The number of hydrogen-bond donors (Lipinski definition) is 1. The molecular weight excluding hydrogens is 215 g/mol. The van der Waals surface area contributed by atoms with E-state index in [1.165, 1.54) is 11.6 Å². The Morgan fingerprint density at radius 3 is 2.76 bits per heavy atom. The molecule has 1 aromatic carbocycles. The van der Waals surface area contributed by atoms with Crippen LogP contribution in [0.1, 0.15) is 24.0 Å². The quantitative estimate of drug-likeness (QED) is 0.865. The van der Waals surface area contributed by atoms with E-state index in [9.17, 15) is 4.39 Å². The SMILES string of the molecule is Cc1ccc(F)cc1C(C)CN1CCNCC1. The summed E-state index contributed by atoms with van der Waals surface area (Å²) in [5.74, 6) is 0.265. The molecule has 0 bridgehead atoms. The van der Waals surface area contributed by atoms with E-state index in [0.717, 1.165) is 38.3 Å². The van der Waals surface area contributed by atoms with Gasteiger partial charge in [0.25, 0.3) is 0 Å². The van der Waals surface area contributed by atoms with E-state index in [-0.39, 0.29) is 5.82 Å². The third-order valence-electron chi connectivity index (χ3n) is 3.51. The Bertz CT molecular complexity index is 372. The third-order valence-corrected chi connectivity index (χ3v) is 3.51. The fraction of sp³-hybridized carbons (Fsp3) is 0.571. The van der Waals surface area contributed by atoms with Crippen LogP contribution in [0, 0.1) is 12.7 Å². The molecule has 0 radical (unpaired) electrons. The molecule has 17 heavy (non-hydrogen) atoms. The number of benzene rings is 1. The summed E-state index contributed by atoms with van der Waals surface area (Å²) in [4.78, 5) is 2.45. The normalized spacial score (nSPS) is 19.2. The molecule has 0 amide bonds. The molecule has 1 unspecified atom stereocenters. The standard InChI is InChI=1S/C14H21FN2/c1-11-3-4-13(15)9-14(11)12(2)10-17-7-5-16-6-8-17/h3-4,9,12,16H,5-8,10H2,1-2H3. The highest BCUT2D eigenvalue weighted by Crippen LogP contribution is 2.21. The van der Waals surface area contributed by atoms with E-state index < -0.39 is 0 Å². The first kappa shape index (κ1) is 12.5. The molecule has 3 heteroatoms. The largest absolute Gasteiger partial charge is 0.314 e. The zero-order valence-electron chi connectivity index (χ0n) is 10.7. The van der Waals surface area contributed by atoms with Crippen molar-refractivity contribution >= 4 is 0 Å². The maximum absolute atomic E-state index is 13.3. The van der Waals surface area contributed by atoms with Crippen LogP contribution < -0.4 is 5.32 Å². The number of rotatable bonds is 3. The minimum absolute atomic E-state index is 0.127. The fourth-order valence-corrected chi connectivity index (χ4v) is 2.52. The molecule has 0 saturated carbocycles. The zero-order valence-corrected chi connectivity index (χ0v) is 10.7. The zero-order chi connectivity index (χ0) is 12.3. The predicted octanol–water partition coefficient (Wildman–Crippen LogP) is 2.14. The molecule has 0 aliphatic carbocycles. The van der Waals surface area contributed by atoms with Gasteiger partial charge in [-0.25, -0.2) is 4.39 Å². The molecule has 2 nitrogen and oxygen atoms in total. The molecule has 1 aliphatic heterocycles. The first-order chi connectivity index (χ1) is 8.16. The van der Waals surface area contributed by atoms with Gasteiger partial charge in [0.15, 0.2) is 0 Å². The van der Waals surface area contributed by atoms with E-state index in [1.807, 2.05) is 6.07 Å². The summed E-state index contributed by atoms with van der Waals surface area (Å²) in [5, 5.41) is 3.35. The van der Waals surface area contributed by atoms with Crippen LogP contribution in [-0.2, 0) is 0 Å². The van der Waals surface area contributed by atoms with Crippen molar-refractivity contribution in [2.24, 2.45) is 0 Å². The van der Waals surface area contributed by atoms with Gasteiger partial charge in [-0.05, 0) is 36.1 Å². The second kappa shape index (κ2) is 5.61. The molecule has 1 heterocycles. The number of hydrogen-bond acceptors (Lipinski definition) is 2. The van der Waals surface area contributed by atoms with E-state index in [0.29, 0.717) is 5.92 Å². The van der Waals surface area contributed by atoms with E-state index >= 15 is 0 Å². The minimum Gasteiger partial charge on any atom is -0.314 e. The number of halogens is 1. The highest BCUT2D eigenvalue weighted by Gasteiger charge is 2.16. The Morgan fingerprint density at radius 2 is 2.06 bits per heavy atom. The number of aryl methyl sites for hydroxylation is 1. The lowest BCUT2D eigenvalue weighted by atomic mass is 9.95. The summed E-state index contributed by atoms with van der Waals surface area (Å²) < 4.78 is 13.3. The Morgan fingerprint density at radius 1 is 1.35 bits per heavy atom. The van der Waals surface area contributed by atoms with Crippen molar-refractivity contribution in [3.05, 3.63) is 35.1 Å². The van der Waals surface area contributed by atoms with Gasteiger partial charge >= 0.3 is 0 Å². The van der Waals surface area contributed by atoms with E-state index in [2.05, 4.69) is 24.1 Å². The van der Waals surface area contributed by atoms with Crippen LogP contribution in [0.25, 0.3) is 0 Å². The lowest BCUT2D eigenvalue weighted by molar-refractivity contribution is 0.230. The van der Waals surface area contributed by atoms with Crippen LogP contribution >= 0.6 is 0 Å². The van der Waals surface area contributed by atoms with Crippen molar-refractivity contribution in [1.82, 2.24) is 10.2 Å². The highest BCUT2D eigenvalue weighted by molar-refractivity contribution is 5.29. The molecular formula is C14H21FN2. The van der Waals surface area contributed by atoms with Gasteiger partial charge in [-0.3, -0.25) is 0 Å². The highest BCUT2D eigenvalue weighted by atomic mass is 19.1. The molecule has 2 rings (SSSR count). The summed E-state index contributed by atoms with van der Waals surface area (Å²) in [6, 6.07) is 5.09. The van der Waals surface area contributed by atoms with E-state index in [4.69, 9.17) is 0 Å². The summed E-state index contributed by atoms with van der Waals surface area (Å²) in [5.41, 5.74) is 2.33. The first-order valence-electron chi connectivity index (χ1n) is 6.36. The Balaban J connectivity index is 2.02. The van der Waals surface area contributed by atoms with Gasteiger partial charge in [0.1, 0.15) is 5.82 Å². The van der Waals surface area contributed by atoms with Crippen LogP contribution in [0.15, 0.2) is 18.2 Å². The fourth-order valence-electron chi connectivity index (χ4n) is 2.52. The molecule has 1 atom stereocenters. The lowest BCUT2D eigenvalue weighted by Crippen LogP contribution is -2.44. The number of nitrogens with zero attached hydrogens (tertiary/aromatic N) is 1. The summed E-state index contributed by atoms with van der Waals surface area (Å²) in [7, 11) is 0. The number of nitrogens with one attached hydrogen (secondary N) is 1. The average molecular weight is 236 g/mol. The summed E-state index contributed by atoms with van der Waals surface area (Å²) >= 11 is 0. The summed E-state index contributed by atoms with van der Waals surface area (Å²) in [6.07, 6.45) is 0. The van der Waals surface area contributed by atoms with Crippen molar-refractivity contribution < 1.29 is 4.39 Å². The van der Waals surface area contributed by atoms with Gasteiger partial charge in [-0.15, -0.1) is 0 Å². The number of piperazine rings is 1. The Hall–Kier alpha value is -0.930.